The summed E-state index contributed by atoms with van der Waals surface area (Å²) in [5.74, 6) is 0.289. The SMILES string of the molecule is Cc1cc(NS(=O)(=O)c2cccc(N)c2)nn1C. The van der Waals surface area contributed by atoms with E-state index in [1.165, 1.54) is 12.1 Å². The first-order valence-corrected chi connectivity index (χ1v) is 6.76. The third-order valence-corrected chi connectivity index (χ3v) is 3.87. The van der Waals surface area contributed by atoms with Crippen molar-refractivity contribution in [3.05, 3.63) is 36.0 Å². The molecule has 0 aliphatic heterocycles. The smallest absolute Gasteiger partial charge is 0.263 e. The van der Waals surface area contributed by atoms with Crippen LogP contribution < -0.4 is 10.5 Å². The van der Waals surface area contributed by atoms with E-state index < -0.39 is 10.0 Å². The van der Waals surface area contributed by atoms with E-state index in [1.807, 2.05) is 6.92 Å². The standard InChI is InChI=1S/C11H14N4O2S/c1-8-6-11(13-15(8)2)14-18(16,17)10-5-3-4-9(12)7-10/h3-7H,12H2,1-2H3,(H,13,14). The van der Waals surface area contributed by atoms with E-state index in [1.54, 1.807) is 29.9 Å². The maximum atomic E-state index is 12.1. The average molecular weight is 266 g/mol. The molecule has 0 atom stereocenters. The van der Waals surface area contributed by atoms with Gasteiger partial charge in [-0.2, -0.15) is 5.10 Å². The van der Waals surface area contributed by atoms with E-state index in [2.05, 4.69) is 9.82 Å². The van der Waals surface area contributed by atoms with Crippen molar-refractivity contribution >= 4 is 21.5 Å². The molecule has 1 aromatic heterocycles. The van der Waals surface area contributed by atoms with Crippen LogP contribution in [0.2, 0.25) is 0 Å². The van der Waals surface area contributed by atoms with E-state index in [-0.39, 0.29) is 10.7 Å². The van der Waals surface area contributed by atoms with Crippen LogP contribution in [-0.4, -0.2) is 18.2 Å². The van der Waals surface area contributed by atoms with Gasteiger partial charge in [-0.1, -0.05) is 6.07 Å². The fourth-order valence-corrected chi connectivity index (χ4v) is 2.53. The van der Waals surface area contributed by atoms with Crippen LogP contribution in [0.1, 0.15) is 5.69 Å². The first-order chi connectivity index (χ1) is 8.38. The van der Waals surface area contributed by atoms with E-state index in [0.29, 0.717) is 5.69 Å². The summed E-state index contributed by atoms with van der Waals surface area (Å²) in [6, 6.07) is 7.76. The molecule has 0 aliphatic carbocycles. The summed E-state index contributed by atoms with van der Waals surface area (Å²) in [5.41, 5.74) is 6.82. The number of aryl methyl sites for hydroxylation is 2. The molecule has 1 aromatic carbocycles. The summed E-state index contributed by atoms with van der Waals surface area (Å²) in [4.78, 5) is 0.116. The molecule has 0 saturated heterocycles. The highest BCUT2D eigenvalue weighted by molar-refractivity contribution is 7.92. The number of hydrogen-bond acceptors (Lipinski definition) is 4. The number of aromatic nitrogens is 2. The molecule has 1 heterocycles. The maximum Gasteiger partial charge on any atom is 0.263 e. The van der Waals surface area contributed by atoms with Gasteiger partial charge in [-0.15, -0.1) is 0 Å². The lowest BCUT2D eigenvalue weighted by molar-refractivity contribution is 0.601. The molecule has 7 heteroatoms. The molecule has 0 bridgehead atoms. The third kappa shape index (κ3) is 2.45. The van der Waals surface area contributed by atoms with Gasteiger partial charge in [-0.3, -0.25) is 9.40 Å². The molecule has 2 aromatic rings. The van der Waals surface area contributed by atoms with Crippen molar-refractivity contribution in [1.29, 1.82) is 0 Å². The number of nitrogens with zero attached hydrogens (tertiary/aromatic N) is 2. The Kier molecular flexibility index (Phi) is 3.00. The van der Waals surface area contributed by atoms with Crippen LogP contribution in [0.4, 0.5) is 11.5 Å². The van der Waals surface area contributed by atoms with Crippen LogP contribution in [0.15, 0.2) is 35.2 Å². The van der Waals surface area contributed by atoms with Crippen LogP contribution in [0.5, 0.6) is 0 Å². The zero-order valence-electron chi connectivity index (χ0n) is 10.1. The van der Waals surface area contributed by atoms with Crippen molar-refractivity contribution in [3.8, 4) is 0 Å². The van der Waals surface area contributed by atoms with Gasteiger partial charge < -0.3 is 5.73 Å². The van der Waals surface area contributed by atoms with Gasteiger partial charge in [0, 0.05) is 24.5 Å². The molecule has 3 N–H and O–H groups in total. The molecular weight excluding hydrogens is 252 g/mol. The van der Waals surface area contributed by atoms with Gasteiger partial charge in [0.15, 0.2) is 5.82 Å². The van der Waals surface area contributed by atoms with Gasteiger partial charge in [0.05, 0.1) is 4.90 Å². The number of rotatable bonds is 3. The number of nitrogens with one attached hydrogen (secondary N) is 1. The molecule has 0 radical (unpaired) electrons. The van der Waals surface area contributed by atoms with Crippen molar-refractivity contribution in [3.63, 3.8) is 0 Å². The molecule has 0 saturated carbocycles. The topological polar surface area (TPSA) is 90.0 Å². The molecule has 18 heavy (non-hydrogen) atoms. The molecule has 96 valence electrons. The van der Waals surface area contributed by atoms with E-state index >= 15 is 0 Å². The van der Waals surface area contributed by atoms with Crippen molar-refractivity contribution in [2.24, 2.45) is 7.05 Å². The summed E-state index contributed by atoms with van der Waals surface area (Å²) in [5, 5.41) is 4.04. The fraction of sp³-hybridized carbons (Fsp3) is 0.182. The Balaban J connectivity index is 2.33. The minimum Gasteiger partial charge on any atom is -0.399 e. The second-order valence-corrected chi connectivity index (χ2v) is 5.65. The Bertz CT molecular complexity index is 657. The van der Waals surface area contributed by atoms with E-state index in [0.717, 1.165) is 5.69 Å². The highest BCUT2D eigenvalue weighted by Gasteiger charge is 2.16. The Labute approximate surface area is 105 Å². The molecule has 0 spiro atoms. The quantitative estimate of drug-likeness (QED) is 0.814. The fourth-order valence-electron chi connectivity index (χ4n) is 1.49. The molecule has 2 rings (SSSR count). The molecular formula is C11H14N4O2S. The molecule has 6 nitrogen and oxygen atoms in total. The van der Waals surface area contributed by atoms with E-state index in [4.69, 9.17) is 5.73 Å². The maximum absolute atomic E-state index is 12.1. The Morgan fingerprint density at radius 1 is 1.33 bits per heavy atom. The minimum atomic E-state index is -3.65. The predicted molar refractivity (Wildman–Crippen MR) is 69.6 cm³/mol. The third-order valence-electron chi connectivity index (χ3n) is 2.52. The molecule has 0 aliphatic rings. The largest absolute Gasteiger partial charge is 0.399 e. The number of anilines is 2. The minimum absolute atomic E-state index is 0.116. The highest BCUT2D eigenvalue weighted by atomic mass is 32.2. The van der Waals surface area contributed by atoms with Gasteiger partial charge in [0.25, 0.3) is 10.0 Å². The van der Waals surface area contributed by atoms with Crippen LogP contribution in [0.25, 0.3) is 0 Å². The summed E-state index contributed by atoms with van der Waals surface area (Å²) in [7, 11) is -1.90. The summed E-state index contributed by atoms with van der Waals surface area (Å²) >= 11 is 0. The van der Waals surface area contributed by atoms with Crippen molar-refractivity contribution in [1.82, 2.24) is 9.78 Å². The number of benzene rings is 1. The van der Waals surface area contributed by atoms with Gasteiger partial charge in [-0.25, -0.2) is 8.42 Å². The van der Waals surface area contributed by atoms with Crippen LogP contribution in [0.3, 0.4) is 0 Å². The molecule has 0 unspecified atom stereocenters. The first-order valence-electron chi connectivity index (χ1n) is 5.27. The van der Waals surface area contributed by atoms with E-state index in [9.17, 15) is 8.42 Å². The summed E-state index contributed by atoms with van der Waals surface area (Å²) in [6.45, 7) is 1.84. The van der Waals surface area contributed by atoms with Gasteiger partial charge >= 0.3 is 0 Å². The normalized spacial score (nSPS) is 11.4. The van der Waals surface area contributed by atoms with Crippen LogP contribution >= 0.6 is 0 Å². The zero-order valence-corrected chi connectivity index (χ0v) is 10.9. The van der Waals surface area contributed by atoms with Gasteiger partial charge in [0.2, 0.25) is 0 Å². The molecule has 0 amide bonds. The predicted octanol–water partition coefficient (Wildman–Crippen LogP) is 1.11. The lowest BCUT2D eigenvalue weighted by Crippen LogP contribution is -2.13. The second kappa shape index (κ2) is 4.34. The number of nitrogen functional groups attached to an aromatic ring is 1. The number of hydrogen-bond donors (Lipinski definition) is 2. The lowest BCUT2D eigenvalue weighted by Gasteiger charge is -2.05. The Morgan fingerprint density at radius 3 is 2.61 bits per heavy atom. The van der Waals surface area contributed by atoms with Crippen molar-refractivity contribution in [2.75, 3.05) is 10.5 Å². The molecule has 0 fully saturated rings. The van der Waals surface area contributed by atoms with Gasteiger partial charge in [-0.05, 0) is 25.1 Å². The van der Waals surface area contributed by atoms with Crippen LogP contribution in [-0.2, 0) is 17.1 Å². The lowest BCUT2D eigenvalue weighted by atomic mass is 10.3. The van der Waals surface area contributed by atoms with Crippen molar-refractivity contribution < 1.29 is 8.42 Å². The number of sulfonamides is 1. The monoisotopic (exact) mass is 266 g/mol. The Hall–Kier alpha value is -2.02. The van der Waals surface area contributed by atoms with Gasteiger partial charge in [0.1, 0.15) is 0 Å². The summed E-state index contributed by atoms with van der Waals surface area (Å²) in [6.07, 6.45) is 0. The number of nitrogens with two attached hydrogens (primary N) is 1. The zero-order chi connectivity index (χ0) is 13.3. The first kappa shape index (κ1) is 12.4. The summed E-state index contributed by atoms with van der Waals surface area (Å²) < 4.78 is 28.1. The van der Waals surface area contributed by atoms with Crippen LogP contribution in [0, 0.1) is 6.92 Å². The average Bonchev–Trinajstić information content (AvgIpc) is 2.57. The Morgan fingerprint density at radius 2 is 2.06 bits per heavy atom. The second-order valence-electron chi connectivity index (χ2n) is 3.97. The van der Waals surface area contributed by atoms with Crippen molar-refractivity contribution in [2.45, 2.75) is 11.8 Å². The highest BCUT2D eigenvalue weighted by Crippen LogP contribution is 2.17.